The smallest absolute Gasteiger partial charge is 0.416 e. The van der Waals surface area contributed by atoms with Gasteiger partial charge in [0.2, 0.25) is 0 Å². The molecule has 4 aromatic carbocycles. The molecule has 4 heterocycles. The van der Waals surface area contributed by atoms with E-state index in [2.05, 4.69) is 41.0 Å². The molecular formula is C42H43F3N10O6S. The van der Waals surface area contributed by atoms with Crippen LogP contribution in [0.2, 0.25) is 0 Å². The third-order valence-corrected chi connectivity index (χ3v) is 11.1. The monoisotopic (exact) mass is 872 g/mol. The van der Waals surface area contributed by atoms with Crippen molar-refractivity contribution >= 4 is 21.7 Å². The van der Waals surface area contributed by atoms with Crippen molar-refractivity contribution in [2.45, 2.75) is 23.2 Å². The Balaban J connectivity index is 0.000000186. The number of rotatable bonds is 11. The quantitative estimate of drug-likeness (QED) is 0.143. The standard InChI is InChI=1S/C21H20F3N5O2.C21H23N5O4S/c22-21(23,24)15-6-4-5-14(11-15)19-26-20(28-27-19)17-12-25-9-10-29(17)18(30)13-31-16-7-2-1-3-8-16;1-31(28,29)17-9-7-15(8-10-17)20-23-21(25-24-20)18-13-22-11-12-26(18)19(27)14-30-16-5-3-2-4-6-16/h1-8,11,17,25H,9-10,12-13H2,(H,26,27,28);2-10,18,22H,11-14H2,1H3,(H,23,24,25). The first-order chi connectivity index (χ1) is 29.8. The highest BCUT2D eigenvalue weighted by atomic mass is 32.2. The van der Waals surface area contributed by atoms with E-state index in [1.165, 1.54) is 24.3 Å². The molecule has 2 aromatic heterocycles. The number of nitrogens with zero attached hydrogens (tertiary/aromatic N) is 6. The number of carbonyl (C=O) groups excluding carboxylic acids is 2. The zero-order valence-electron chi connectivity index (χ0n) is 33.4. The number of amides is 2. The first-order valence-corrected chi connectivity index (χ1v) is 21.4. The summed E-state index contributed by atoms with van der Waals surface area (Å²) in [6, 6.07) is 28.7. The minimum Gasteiger partial charge on any atom is -0.484 e. The Hall–Kier alpha value is -6.64. The predicted molar refractivity (Wildman–Crippen MR) is 220 cm³/mol. The Morgan fingerprint density at radius 1 is 0.677 bits per heavy atom. The summed E-state index contributed by atoms with van der Waals surface area (Å²) in [4.78, 5) is 38.1. The number of hydrogen-bond acceptors (Lipinski definition) is 12. The molecule has 20 heteroatoms. The molecule has 62 heavy (non-hydrogen) atoms. The van der Waals surface area contributed by atoms with Gasteiger partial charge in [0.1, 0.15) is 35.2 Å². The van der Waals surface area contributed by atoms with Gasteiger partial charge in [0.05, 0.1) is 10.5 Å². The molecule has 16 nitrogen and oxygen atoms in total. The highest BCUT2D eigenvalue weighted by Crippen LogP contribution is 2.32. The van der Waals surface area contributed by atoms with Crippen LogP contribution in [0.5, 0.6) is 11.5 Å². The molecule has 0 saturated carbocycles. The van der Waals surface area contributed by atoms with Crippen molar-refractivity contribution in [3.05, 3.63) is 126 Å². The summed E-state index contributed by atoms with van der Waals surface area (Å²) >= 11 is 0. The maximum atomic E-state index is 13.0. The second-order valence-corrected chi connectivity index (χ2v) is 16.3. The molecule has 2 fully saturated rings. The van der Waals surface area contributed by atoms with Gasteiger partial charge in [-0.05, 0) is 60.7 Å². The van der Waals surface area contributed by atoms with Crippen LogP contribution in [0, 0.1) is 0 Å². The lowest BCUT2D eigenvalue weighted by Crippen LogP contribution is -2.50. The summed E-state index contributed by atoms with van der Waals surface area (Å²) in [7, 11) is -3.27. The van der Waals surface area contributed by atoms with Crippen molar-refractivity contribution in [2.75, 3.05) is 58.7 Å². The van der Waals surface area contributed by atoms with E-state index in [-0.39, 0.29) is 47.4 Å². The van der Waals surface area contributed by atoms with Gasteiger partial charge in [-0.25, -0.2) is 18.4 Å². The zero-order chi connectivity index (χ0) is 43.7. The molecular weight excluding hydrogens is 830 g/mol. The summed E-state index contributed by atoms with van der Waals surface area (Å²) in [6.07, 6.45) is -3.29. The molecule has 0 aliphatic carbocycles. The van der Waals surface area contributed by atoms with Gasteiger partial charge in [-0.2, -0.15) is 23.4 Å². The number of aromatic amines is 2. The van der Waals surface area contributed by atoms with Crippen LogP contribution in [-0.4, -0.2) is 119 Å². The van der Waals surface area contributed by atoms with Crippen LogP contribution in [0.1, 0.15) is 29.3 Å². The first-order valence-electron chi connectivity index (χ1n) is 19.5. The Kier molecular flexibility index (Phi) is 13.6. The van der Waals surface area contributed by atoms with Gasteiger partial charge in [-0.3, -0.25) is 19.8 Å². The number of H-pyrrole nitrogens is 2. The third kappa shape index (κ3) is 11.0. The molecule has 2 saturated heterocycles. The molecule has 2 aliphatic rings. The number of hydrogen-bond donors (Lipinski definition) is 4. The van der Waals surface area contributed by atoms with Crippen LogP contribution in [0.25, 0.3) is 22.8 Å². The maximum absolute atomic E-state index is 13.0. The van der Waals surface area contributed by atoms with Crippen molar-refractivity contribution in [2.24, 2.45) is 0 Å². The first kappa shape index (κ1) is 43.4. The summed E-state index contributed by atoms with van der Waals surface area (Å²) in [5.74, 6) is 2.41. The van der Waals surface area contributed by atoms with Crippen LogP contribution in [0.4, 0.5) is 13.2 Å². The van der Waals surface area contributed by atoms with Gasteiger partial charge in [-0.15, -0.1) is 0 Å². The van der Waals surface area contributed by atoms with E-state index >= 15 is 0 Å². The van der Waals surface area contributed by atoms with Gasteiger partial charge in [0.25, 0.3) is 11.8 Å². The Labute approximate surface area is 354 Å². The number of nitrogens with one attached hydrogen (secondary N) is 4. The number of sulfone groups is 1. The van der Waals surface area contributed by atoms with Crippen LogP contribution < -0.4 is 20.1 Å². The maximum Gasteiger partial charge on any atom is 0.416 e. The van der Waals surface area contributed by atoms with Crippen molar-refractivity contribution in [3.63, 3.8) is 0 Å². The molecule has 2 amide bonds. The molecule has 6 aromatic rings. The fourth-order valence-corrected chi connectivity index (χ4v) is 7.40. The number of halogens is 3. The van der Waals surface area contributed by atoms with Gasteiger partial charge in [0, 0.05) is 56.7 Å². The molecule has 0 spiro atoms. The number of carbonyl (C=O) groups is 2. The minimum absolute atomic E-state index is 0.0611. The van der Waals surface area contributed by atoms with Gasteiger partial charge < -0.3 is 29.9 Å². The average molecular weight is 873 g/mol. The Bertz CT molecular complexity index is 2540. The van der Waals surface area contributed by atoms with Gasteiger partial charge in [-0.1, -0.05) is 48.5 Å². The average Bonchev–Trinajstić information content (AvgIpc) is 4.00. The fraction of sp³-hybridized carbons (Fsp3) is 0.286. The number of benzene rings is 4. The largest absolute Gasteiger partial charge is 0.484 e. The number of para-hydroxylation sites is 2. The lowest BCUT2D eigenvalue weighted by atomic mass is 10.1. The van der Waals surface area contributed by atoms with Crippen molar-refractivity contribution in [1.82, 2.24) is 50.8 Å². The van der Waals surface area contributed by atoms with Crippen LogP contribution in [0.3, 0.4) is 0 Å². The lowest BCUT2D eigenvalue weighted by Gasteiger charge is -2.34. The number of aromatic nitrogens is 6. The van der Waals surface area contributed by atoms with Gasteiger partial charge >= 0.3 is 6.18 Å². The normalized spacial score (nSPS) is 16.8. The van der Waals surface area contributed by atoms with E-state index in [4.69, 9.17) is 9.47 Å². The van der Waals surface area contributed by atoms with Crippen molar-refractivity contribution < 1.29 is 40.7 Å². The van der Waals surface area contributed by atoms with Crippen molar-refractivity contribution in [3.8, 4) is 34.3 Å². The molecule has 0 radical (unpaired) electrons. The van der Waals surface area contributed by atoms with E-state index in [1.807, 2.05) is 36.4 Å². The Morgan fingerprint density at radius 3 is 1.63 bits per heavy atom. The molecule has 4 N–H and O–H groups in total. The second kappa shape index (κ2) is 19.4. The van der Waals surface area contributed by atoms with Crippen LogP contribution >= 0.6 is 0 Å². The Morgan fingerprint density at radius 2 is 1.16 bits per heavy atom. The SMILES string of the molecule is CS(=O)(=O)c1ccc(-c2n[nH]c(C3CNCCN3C(=O)COc3ccccc3)n2)cc1.O=C(COc1ccccc1)N1CCNCC1c1nc(-c2cccc(C(F)(F)F)c2)n[nH]1. The van der Waals surface area contributed by atoms with E-state index in [1.54, 1.807) is 46.2 Å². The van der Waals surface area contributed by atoms with E-state index < -0.39 is 27.6 Å². The van der Waals surface area contributed by atoms with Crippen LogP contribution in [0.15, 0.2) is 114 Å². The number of ether oxygens (including phenoxy) is 2. The zero-order valence-corrected chi connectivity index (χ0v) is 34.2. The highest BCUT2D eigenvalue weighted by Gasteiger charge is 2.33. The molecule has 2 atom stereocenters. The lowest BCUT2D eigenvalue weighted by molar-refractivity contribution is -0.138. The second-order valence-electron chi connectivity index (χ2n) is 14.3. The van der Waals surface area contributed by atoms with Gasteiger partial charge in [0.15, 0.2) is 34.7 Å². The van der Waals surface area contributed by atoms with Crippen molar-refractivity contribution in [1.29, 1.82) is 0 Å². The topological polar surface area (TPSA) is 200 Å². The summed E-state index contributed by atoms with van der Waals surface area (Å²) in [5, 5.41) is 20.5. The summed E-state index contributed by atoms with van der Waals surface area (Å²) < 4.78 is 73.5. The molecule has 2 aliphatic heterocycles. The molecule has 324 valence electrons. The van der Waals surface area contributed by atoms with Crippen LogP contribution in [-0.2, 0) is 25.6 Å². The van der Waals surface area contributed by atoms with E-state index in [0.717, 1.165) is 18.4 Å². The molecule has 2 unspecified atom stereocenters. The molecule has 8 rings (SSSR count). The van der Waals surface area contributed by atoms with E-state index in [0.29, 0.717) is 73.8 Å². The summed E-state index contributed by atoms with van der Waals surface area (Å²) in [5.41, 5.74) is 0.154. The minimum atomic E-state index is -4.45. The summed E-state index contributed by atoms with van der Waals surface area (Å²) in [6.45, 7) is 3.06. The van der Waals surface area contributed by atoms with E-state index in [9.17, 15) is 31.2 Å². The number of alkyl halides is 3. The highest BCUT2D eigenvalue weighted by molar-refractivity contribution is 7.90. The molecule has 0 bridgehead atoms. The fourth-order valence-electron chi connectivity index (χ4n) is 6.77. The third-order valence-electron chi connectivity index (χ3n) is 9.96. The number of piperazine rings is 2. The predicted octanol–water partition coefficient (Wildman–Crippen LogP) is 4.47.